The van der Waals surface area contributed by atoms with Crippen molar-refractivity contribution in [2.45, 2.75) is 52.7 Å². The Morgan fingerprint density at radius 1 is 1.05 bits per heavy atom. The molecule has 0 fully saturated rings. The first-order chi connectivity index (χ1) is 17.7. The zero-order valence-corrected chi connectivity index (χ0v) is 24.2. The van der Waals surface area contributed by atoms with Crippen molar-refractivity contribution in [2.75, 3.05) is 6.61 Å². The Hall–Kier alpha value is -2.63. The lowest BCUT2D eigenvalue weighted by Crippen LogP contribution is -2.40. The predicted octanol–water partition coefficient (Wildman–Crippen LogP) is 4.50. The average Bonchev–Trinajstić information content (AvgIpc) is 2.87. The monoisotopic (exact) mass is 633 g/mol. The van der Waals surface area contributed by atoms with Crippen molar-refractivity contribution in [3.05, 3.63) is 65.7 Å². The van der Waals surface area contributed by atoms with E-state index in [1.165, 1.54) is 11.6 Å². The van der Waals surface area contributed by atoms with Gasteiger partial charge in [0.1, 0.15) is 18.1 Å². The molecule has 0 spiro atoms. The Labute approximate surface area is 230 Å². The van der Waals surface area contributed by atoms with Crippen LogP contribution in [-0.4, -0.2) is 35.8 Å². The van der Waals surface area contributed by atoms with Crippen molar-refractivity contribution in [1.82, 2.24) is 24.1 Å². The van der Waals surface area contributed by atoms with Crippen LogP contribution in [0.25, 0.3) is 21.9 Å². The molecule has 0 atom stereocenters. The van der Waals surface area contributed by atoms with Gasteiger partial charge in [0.25, 0.3) is 5.56 Å². The normalized spacial score (nSPS) is 11.6. The Kier molecular flexibility index (Phi) is 8.76. The zero-order valence-electron chi connectivity index (χ0n) is 21.0. The highest BCUT2D eigenvalue weighted by Crippen LogP contribution is 2.38. The molecule has 1 aromatic carbocycles. The van der Waals surface area contributed by atoms with Gasteiger partial charge in [-0.3, -0.25) is 18.9 Å². The molecule has 0 saturated carbocycles. The average molecular weight is 635 g/mol. The number of unbranched alkanes of at least 4 members (excludes halogenated alkanes) is 2. The van der Waals surface area contributed by atoms with E-state index in [0.717, 1.165) is 37.1 Å². The SMILES string of the molecule is CC(C)Cn1c(=O)n(C)c(=O)c2nc(CCCCCO)c(COc3c(Br)cc(Br)c4cnccc34)nc21. The number of pyridine rings is 1. The molecule has 0 amide bonds. The number of aromatic nitrogens is 5. The number of fused-ring (bicyclic) bond motifs is 2. The molecule has 37 heavy (non-hydrogen) atoms. The summed E-state index contributed by atoms with van der Waals surface area (Å²) in [5, 5.41) is 10.9. The molecular formula is C26H29Br2N5O4. The molecule has 4 rings (SSSR count). The largest absolute Gasteiger partial charge is 0.485 e. The van der Waals surface area contributed by atoms with E-state index in [0.29, 0.717) is 36.5 Å². The molecule has 9 nitrogen and oxygen atoms in total. The fourth-order valence-corrected chi connectivity index (χ4v) is 5.63. The van der Waals surface area contributed by atoms with E-state index in [-0.39, 0.29) is 30.3 Å². The summed E-state index contributed by atoms with van der Waals surface area (Å²) in [6, 6.07) is 3.79. The maximum atomic E-state index is 13.0. The summed E-state index contributed by atoms with van der Waals surface area (Å²) in [5.41, 5.74) is 0.770. The molecule has 0 unspecified atom stereocenters. The van der Waals surface area contributed by atoms with Crippen molar-refractivity contribution >= 4 is 53.8 Å². The highest BCUT2D eigenvalue weighted by Gasteiger charge is 2.19. The quantitative estimate of drug-likeness (QED) is 0.256. The van der Waals surface area contributed by atoms with Gasteiger partial charge in [-0.1, -0.05) is 36.2 Å². The molecule has 3 heterocycles. The third-order valence-corrected chi connectivity index (χ3v) is 7.32. The van der Waals surface area contributed by atoms with Crippen LogP contribution in [0, 0.1) is 5.92 Å². The van der Waals surface area contributed by atoms with Gasteiger partial charge >= 0.3 is 5.69 Å². The summed E-state index contributed by atoms with van der Waals surface area (Å²) >= 11 is 7.18. The molecule has 0 radical (unpaired) electrons. The van der Waals surface area contributed by atoms with Gasteiger partial charge in [0.2, 0.25) is 0 Å². The van der Waals surface area contributed by atoms with Gasteiger partial charge in [-0.2, -0.15) is 0 Å². The summed E-state index contributed by atoms with van der Waals surface area (Å²) in [4.78, 5) is 39.7. The molecule has 196 valence electrons. The Morgan fingerprint density at radius 2 is 1.84 bits per heavy atom. The lowest BCUT2D eigenvalue weighted by atomic mass is 10.1. The van der Waals surface area contributed by atoms with E-state index < -0.39 is 11.2 Å². The number of rotatable bonds is 10. The Balaban J connectivity index is 1.83. The number of aliphatic hydroxyl groups is 1. The fourth-order valence-electron chi connectivity index (χ4n) is 4.22. The van der Waals surface area contributed by atoms with Crippen molar-refractivity contribution in [3.8, 4) is 5.75 Å². The van der Waals surface area contributed by atoms with Crippen LogP contribution in [0.4, 0.5) is 0 Å². The second-order valence-corrected chi connectivity index (χ2v) is 11.1. The fraction of sp³-hybridized carbons (Fsp3) is 0.423. The van der Waals surface area contributed by atoms with Gasteiger partial charge in [0.05, 0.1) is 10.2 Å². The molecule has 0 aliphatic carbocycles. The van der Waals surface area contributed by atoms with Gasteiger partial charge in [0, 0.05) is 47.8 Å². The van der Waals surface area contributed by atoms with Crippen LogP contribution >= 0.6 is 31.9 Å². The van der Waals surface area contributed by atoms with Crippen molar-refractivity contribution in [1.29, 1.82) is 0 Å². The van der Waals surface area contributed by atoms with Crippen LogP contribution in [0.2, 0.25) is 0 Å². The van der Waals surface area contributed by atoms with Crippen molar-refractivity contribution in [3.63, 3.8) is 0 Å². The summed E-state index contributed by atoms with van der Waals surface area (Å²) in [7, 11) is 1.46. The smallest absolute Gasteiger partial charge is 0.332 e. The summed E-state index contributed by atoms with van der Waals surface area (Å²) in [6.45, 7) is 4.63. The second-order valence-electron chi connectivity index (χ2n) is 9.35. The standard InChI is InChI=1S/C26H29Br2N5O4/c1-15(2)13-33-24-22(25(35)32(3)26(33)36)30-20(7-5-4-6-10-34)21(31-24)14-37-23-16-8-9-29-12-17(16)18(27)11-19(23)28/h8-9,11-12,15,34H,4-7,10,13-14H2,1-3H3. The highest BCUT2D eigenvalue weighted by atomic mass is 79.9. The van der Waals surface area contributed by atoms with Crippen LogP contribution in [-0.2, 0) is 26.6 Å². The molecule has 1 N–H and O–H groups in total. The summed E-state index contributed by atoms with van der Waals surface area (Å²) < 4.78 is 10.6. The van der Waals surface area contributed by atoms with Gasteiger partial charge < -0.3 is 9.84 Å². The number of aryl methyl sites for hydroxylation is 1. The van der Waals surface area contributed by atoms with Crippen molar-refractivity contribution < 1.29 is 9.84 Å². The lowest BCUT2D eigenvalue weighted by Gasteiger charge is -2.17. The number of aliphatic hydroxyl groups excluding tert-OH is 1. The predicted molar refractivity (Wildman–Crippen MR) is 150 cm³/mol. The maximum Gasteiger partial charge on any atom is 0.332 e. The van der Waals surface area contributed by atoms with Crippen LogP contribution in [0.3, 0.4) is 0 Å². The molecule has 0 aliphatic rings. The van der Waals surface area contributed by atoms with Gasteiger partial charge in [-0.15, -0.1) is 0 Å². The highest BCUT2D eigenvalue weighted by molar-refractivity contribution is 9.11. The molecule has 4 aromatic rings. The van der Waals surface area contributed by atoms with Crippen LogP contribution < -0.4 is 16.0 Å². The summed E-state index contributed by atoms with van der Waals surface area (Å²) in [6.07, 6.45) is 6.32. The van der Waals surface area contributed by atoms with Crippen LogP contribution in [0.15, 0.2) is 43.1 Å². The third-order valence-electron chi connectivity index (χ3n) is 6.08. The first-order valence-electron chi connectivity index (χ1n) is 12.2. The number of ether oxygens (including phenoxy) is 1. The molecule has 0 aliphatic heterocycles. The van der Waals surface area contributed by atoms with E-state index in [1.54, 1.807) is 12.4 Å². The van der Waals surface area contributed by atoms with Gasteiger partial charge in [-0.25, -0.2) is 14.8 Å². The van der Waals surface area contributed by atoms with Crippen LogP contribution in [0.1, 0.15) is 44.5 Å². The number of hydrogen-bond acceptors (Lipinski definition) is 7. The Bertz CT molecular complexity index is 1570. The number of hydrogen-bond donors (Lipinski definition) is 1. The molecule has 0 bridgehead atoms. The minimum atomic E-state index is -0.467. The topological polar surface area (TPSA) is 112 Å². The number of nitrogens with zero attached hydrogens (tertiary/aromatic N) is 5. The molecule has 3 aromatic heterocycles. The van der Waals surface area contributed by atoms with E-state index >= 15 is 0 Å². The second kappa shape index (κ2) is 11.8. The van der Waals surface area contributed by atoms with E-state index in [9.17, 15) is 9.59 Å². The first-order valence-corrected chi connectivity index (χ1v) is 13.8. The third kappa shape index (κ3) is 5.78. The Morgan fingerprint density at radius 3 is 2.57 bits per heavy atom. The van der Waals surface area contributed by atoms with E-state index in [1.807, 2.05) is 26.0 Å². The minimum Gasteiger partial charge on any atom is -0.485 e. The van der Waals surface area contributed by atoms with E-state index in [2.05, 4.69) is 36.8 Å². The first kappa shape index (κ1) is 27.4. The van der Waals surface area contributed by atoms with Gasteiger partial charge in [0.15, 0.2) is 11.2 Å². The molecule has 0 saturated heterocycles. The minimum absolute atomic E-state index is 0.0982. The van der Waals surface area contributed by atoms with Crippen LogP contribution in [0.5, 0.6) is 5.75 Å². The summed E-state index contributed by atoms with van der Waals surface area (Å²) in [5.74, 6) is 0.800. The zero-order chi connectivity index (χ0) is 26.7. The maximum absolute atomic E-state index is 13.0. The number of halogens is 2. The lowest BCUT2D eigenvalue weighted by molar-refractivity contribution is 0.282. The van der Waals surface area contributed by atoms with Gasteiger partial charge in [-0.05, 0) is 53.2 Å². The van der Waals surface area contributed by atoms with E-state index in [4.69, 9.17) is 19.8 Å². The number of benzene rings is 1. The molecular weight excluding hydrogens is 606 g/mol. The molecule has 11 heteroatoms. The van der Waals surface area contributed by atoms with Crippen molar-refractivity contribution in [2.24, 2.45) is 13.0 Å².